The highest BCUT2D eigenvalue weighted by atomic mass is 35.5. The van der Waals surface area contributed by atoms with Crippen LogP contribution in [0.2, 0.25) is 5.15 Å². The second kappa shape index (κ2) is 9.94. The van der Waals surface area contributed by atoms with Crippen molar-refractivity contribution in [2.75, 3.05) is 12.4 Å². The number of carbonyl (C=O) groups is 1. The van der Waals surface area contributed by atoms with E-state index in [2.05, 4.69) is 25.5 Å². The van der Waals surface area contributed by atoms with Crippen LogP contribution in [0.25, 0.3) is 11.1 Å². The number of hydrogen-bond donors (Lipinski definition) is 2. The molecule has 1 saturated carbocycles. The van der Waals surface area contributed by atoms with Crippen molar-refractivity contribution in [3.63, 3.8) is 0 Å². The molecule has 9 nitrogen and oxygen atoms in total. The molecule has 174 valence electrons. The molecule has 3 aromatic heterocycles. The predicted octanol–water partition coefficient (Wildman–Crippen LogP) is 4.04. The summed E-state index contributed by atoms with van der Waals surface area (Å²) in [4.78, 5) is 21.0. The van der Waals surface area contributed by atoms with Crippen molar-refractivity contribution in [1.29, 1.82) is 0 Å². The predicted molar refractivity (Wildman–Crippen MR) is 120 cm³/mol. The first kappa shape index (κ1) is 23.3. The van der Waals surface area contributed by atoms with Crippen LogP contribution >= 0.6 is 22.9 Å². The fourth-order valence-electron chi connectivity index (χ4n) is 3.64. The molecule has 0 bridgehead atoms. The quantitative estimate of drug-likeness (QED) is 0.494. The number of halogens is 2. The van der Waals surface area contributed by atoms with E-state index in [1.165, 1.54) is 19.5 Å². The van der Waals surface area contributed by atoms with Crippen LogP contribution in [-0.2, 0) is 0 Å². The number of aryl methyl sites for hydroxylation is 1. The van der Waals surface area contributed by atoms with E-state index in [0.29, 0.717) is 17.3 Å². The highest BCUT2D eigenvalue weighted by Crippen LogP contribution is 2.37. The number of aliphatic hydroxyl groups excluding tert-OH is 1. The summed E-state index contributed by atoms with van der Waals surface area (Å²) in [5.74, 6) is -1.25. The van der Waals surface area contributed by atoms with E-state index in [1.54, 1.807) is 13.0 Å². The molecule has 4 rings (SSSR count). The molecule has 12 heteroatoms. The van der Waals surface area contributed by atoms with E-state index in [-0.39, 0.29) is 44.9 Å². The average molecular weight is 494 g/mol. The Kier molecular flexibility index (Phi) is 7.01. The zero-order valence-corrected chi connectivity index (χ0v) is 19.4. The lowest BCUT2D eigenvalue weighted by Gasteiger charge is -2.25. The molecule has 1 fully saturated rings. The summed E-state index contributed by atoms with van der Waals surface area (Å²) in [6, 6.07) is 1.56. The smallest absolute Gasteiger partial charge is 0.296 e. The number of hydrogen-bond acceptors (Lipinski definition) is 9. The van der Waals surface area contributed by atoms with Gasteiger partial charge in [-0.3, -0.25) is 15.1 Å². The first-order chi connectivity index (χ1) is 15.9. The van der Waals surface area contributed by atoms with Gasteiger partial charge < -0.3 is 14.6 Å². The van der Waals surface area contributed by atoms with Crippen LogP contribution in [0.1, 0.15) is 41.7 Å². The number of aromatic nitrogens is 4. The Morgan fingerprint density at radius 3 is 2.88 bits per heavy atom. The third kappa shape index (κ3) is 5.21. The largest absolute Gasteiger partial charge is 0.494 e. The van der Waals surface area contributed by atoms with E-state index in [0.717, 1.165) is 30.6 Å². The zero-order chi connectivity index (χ0) is 23.5. The molecule has 3 heterocycles. The third-order valence-corrected chi connectivity index (χ3v) is 6.20. The minimum atomic E-state index is -0.808. The summed E-state index contributed by atoms with van der Waals surface area (Å²) < 4.78 is 25.9. The van der Waals surface area contributed by atoms with Gasteiger partial charge in [0.2, 0.25) is 5.13 Å². The molecular formula is C21H21ClFN5O4S. The van der Waals surface area contributed by atoms with E-state index >= 15 is 0 Å². The monoisotopic (exact) mass is 493 g/mol. The van der Waals surface area contributed by atoms with Gasteiger partial charge in [-0.15, -0.1) is 5.10 Å². The van der Waals surface area contributed by atoms with Crippen LogP contribution in [0.4, 0.5) is 9.52 Å². The molecule has 0 unspecified atom stereocenters. The molecule has 1 aliphatic carbocycles. The normalized spacial score (nSPS) is 18.1. The van der Waals surface area contributed by atoms with Crippen LogP contribution in [-0.4, -0.2) is 50.5 Å². The summed E-state index contributed by atoms with van der Waals surface area (Å²) in [7, 11) is 1.37. The van der Waals surface area contributed by atoms with Gasteiger partial charge >= 0.3 is 0 Å². The van der Waals surface area contributed by atoms with Gasteiger partial charge in [0.25, 0.3) is 11.1 Å². The Hall–Kier alpha value is -2.89. The summed E-state index contributed by atoms with van der Waals surface area (Å²) in [5, 5.41) is 20.5. The Balaban J connectivity index is 1.58. The second-order valence-electron chi connectivity index (χ2n) is 7.57. The lowest BCUT2D eigenvalue weighted by atomic mass is 9.95. The fraction of sp³-hybridized carbons (Fsp3) is 0.381. The van der Waals surface area contributed by atoms with E-state index in [9.17, 15) is 14.3 Å². The van der Waals surface area contributed by atoms with Gasteiger partial charge in [0.15, 0.2) is 11.0 Å². The van der Waals surface area contributed by atoms with E-state index in [4.69, 9.17) is 21.1 Å². The number of rotatable bonds is 6. The highest BCUT2D eigenvalue weighted by molar-refractivity contribution is 7.17. The molecule has 0 radical (unpaired) electrons. The second-order valence-corrected chi connectivity index (χ2v) is 8.86. The topological polar surface area (TPSA) is 119 Å². The number of ether oxygens (including phenoxy) is 2. The van der Waals surface area contributed by atoms with Gasteiger partial charge in [0.1, 0.15) is 11.9 Å². The molecule has 0 saturated heterocycles. The third-order valence-electron chi connectivity index (χ3n) is 5.21. The molecule has 0 aliphatic heterocycles. The van der Waals surface area contributed by atoms with Crippen molar-refractivity contribution >= 4 is 34.0 Å². The molecule has 1 aliphatic rings. The minimum absolute atomic E-state index is 0.00490. The molecule has 1 amide bonds. The van der Waals surface area contributed by atoms with Crippen molar-refractivity contribution in [3.05, 3.63) is 40.7 Å². The van der Waals surface area contributed by atoms with Gasteiger partial charge in [0.05, 0.1) is 30.5 Å². The fourth-order valence-corrected chi connectivity index (χ4v) is 4.44. The molecule has 3 aromatic rings. The van der Waals surface area contributed by atoms with Crippen LogP contribution in [0.5, 0.6) is 10.9 Å². The number of anilines is 1. The first-order valence-corrected chi connectivity index (χ1v) is 11.4. The molecule has 33 heavy (non-hydrogen) atoms. The standard InChI is InChI=1S/C21H21ClFN5O4S/c1-10-6-13(16-15(31-2)9-25-18(22)17(16)23)14(8-24-10)19(30)26-20-27-28-21(33-20)32-12-5-3-4-11(29)7-12/h6,8-9,11-12,29H,3-5,7H2,1-2H3,(H,26,27,30)/t11-,12-/m1/s1. The van der Waals surface area contributed by atoms with Crippen LogP contribution in [0.15, 0.2) is 18.5 Å². The SMILES string of the molecule is COc1cnc(Cl)c(F)c1-c1cc(C)ncc1C(=O)Nc1nnc(O[C@@H]2CCC[C@@H](O)C2)s1. The Bertz CT molecular complexity index is 1180. The maximum absolute atomic E-state index is 14.9. The molecule has 2 atom stereocenters. The Labute approximate surface area is 198 Å². The van der Waals surface area contributed by atoms with Crippen molar-refractivity contribution < 1.29 is 23.8 Å². The van der Waals surface area contributed by atoms with Gasteiger partial charge in [-0.1, -0.05) is 16.7 Å². The number of methoxy groups -OCH3 is 1. The van der Waals surface area contributed by atoms with Gasteiger partial charge in [0, 0.05) is 23.9 Å². The number of amides is 1. The highest BCUT2D eigenvalue weighted by Gasteiger charge is 2.25. The van der Waals surface area contributed by atoms with E-state index in [1.807, 2.05) is 0 Å². The van der Waals surface area contributed by atoms with Crippen molar-refractivity contribution in [2.45, 2.75) is 44.8 Å². The van der Waals surface area contributed by atoms with E-state index < -0.39 is 11.7 Å². The lowest BCUT2D eigenvalue weighted by Crippen LogP contribution is -2.28. The van der Waals surface area contributed by atoms with Crippen LogP contribution in [0.3, 0.4) is 0 Å². The van der Waals surface area contributed by atoms with Crippen molar-refractivity contribution in [2.24, 2.45) is 0 Å². The summed E-state index contributed by atoms with van der Waals surface area (Å²) in [6.45, 7) is 1.72. The average Bonchev–Trinajstić information content (AvgIpc) is 3.21. The molecule has 0 spiro atoms. The van der Waals surface area contributed by atoms with Crippen LogP contribution < -0.4 is 14.8 Å². The minimum Gasteiger partial charge on any atom is -0.494 e. The number of pyridine rings is 2. The number of nitrogens with one attached hydrogen (secondary N) is 1. The van der Waals surface area contributed by atoms with Crippen LogP contribution in [0, 0.1) is 12.7 Å². The summed E-state index contributed by atoms with van der Waals surface area (Å²) >= 11 is 6.94. The Morgan fingerprint density at radius 1 is 1.30 bits per heavy atom. The van der Waals surface area contributed by atoms with Crippen molar-refractivity contribution in [3.8, 4) is 22.1 Å². The zero-order valence-electron chi connectivity index (χ0n) is 17.8. The first-order valence-electron chi connectivity index (χ1n) is 10.2. The molecule has 0 aromatic carbocycles. The maximum Gasteiger partial charge on any atom is 0.296 e. The number of nitrogens with zero attached hydrogens (tertiary/aromatic N) is 4. The summed E-state index contributed by atoms with van der Waals surface area (Å²) in [5.41, 5.74) is 0.909. The summed E-state index contributed by atoms with van der Waals surface area (Å²) in [6.07, 6.45) is 5.08. The number of aliphatic hydroxyl groups is 1. The lowest BCUT2D eigenvalue weighted by molar-refractivity contribution is 0.0531. The molecular weight excluding hydrogens is 473 g/mol. The van der Waals surface area contributed by atoms with Crippen molar-refractivity contribution in [1.82, 2.24) is 20.2 Å². The maximum atomic E-state index is 14.9. The van der Waals surface area contributed by atoms with Gasteiger partial charge in [-0.25, -0.2) is 9.37 Å². The molecule has 2 N–H and O–H groups in total. The Morgan fingerprint density at radius 2 is 2.12 bits per heavy atom. The van der Waals surface area contributed by atoms with Gasteiger partial charge in [-0.05, 0) is 43.6 Å². The number of carbonyl (C=O) groups excluding carboxylic acids is 1. The van der Waals surface area contributed by atoms with Gasteiger partial charge in [-0.2, -0.15) is 0 Å².